The van der Waals surface area contributed by atoms with Crippen molar-refractivity contribution in [2.24, 2.45) is 0 Å². The van der Waals surface area contributed by atoms with Crippen LogP contribution in [0.25, 0.3) is 0 Å². The van der Waals surface area contributed by atoms with E-state index in [2.05, 4.69) is 0 Å². The molecule has 2 N–H and O–H groups in total. The first kappa shape index (κ1) is 8.67. The Hall–Kier alpha value is -1.42. The van der Waals surface area contributed by atoms with Crippen molar-refractivity contribution >= 4 is 5.91 Å². The van der Waals surface area contributed by atoms with Crippen molar-refractivity contribution < 1.29 is 14.4 Å². The van der Waals surface area contributed by atoms with Crippen molar-refractivity contribution in [3.8, 4) is 0 Å². The van der Waals surface area contributed by atoms with Crippen LogP contribution in [-0.4, -0.2) is 11.1 Å². The van der Waals surface area contributed by atoms with Gasteiger partial charge < -0.3 is 0 Å². The number of hydroxylamine groups is 1. The van der Waals surface area contributed by atoms with Crippen molar-refractivity contribution in [2.45, 2.75) is 6.42 Å². The van der Waals surface area contributed by atoms with Crippen LogP contribution in [-0.2, 0) is 11.2 Å². The average molecular weight is 169 g/mol. The topological polar surface area (TPSA) is 49.3 Å². The van der Waals surface area contributed by atoms with Crippen LogP contribution in [0.5, 0.6) is 0 Å². The monoisotopic (exact) mass is 169 g/mol. The third kappa shape index (κ3) is 2.03. The van der Waals surface area contributed by atoms with E-state index in [4.69, 9.17) is 5.21 Å². The van der Waals surface area contributed by atoms with E-state index in [-0.39, 0.29) is 12.0 Å². The van der Waals surface area contributed by atoms with E-state index < -0.39 is 11.7 Å². The minimum atomic E-state index is -0.625. The molecule has 0 aromatic heterocycles. The summed E-state index contributed by atoms with van der Waals surface area (Å²) < 4.78 is 12.8. The van der Waals surface area contributed by atoms with Gasteiger partial charge in [-0.05, 0) is 11.6 Å². The zero-order chi connectivity index (χ0) is 8.97. The summed E-state index contributed by atoms with van der Waals surface area (Å²) in [6.07, 6.45) is -0.150. The molecule has 0 aliphatic heterocycles. The number of rotatable bonds is 2. The summed E-state index contributed by atoms with van der Waals surface area (Å²) >= 11 is 0. The van der Waals surface area contributed by atoms with E-state index in [1.807, 2.05) is 0 Å². The smallest absolute Gasteiger partial charge is 0.247 e. The number of hydrogen-bond acceptors (Lipinski definition) is 2. The summed E-state index contributed by atoms with van der Waals surface area (Å²) in [6.45, 7) is 0. The Morgan fingerprint density at radius 2 is 2.17 bits per heavy atom. The fourth-order valence-corrected chi connectivity index (χ4v) is 0.854. The van der Waals surface area contributed by atoms with Crippen molar-refractivity contribution in [1.29, 1.82) is 0 Å². The van der Waals surface area contributed by atoms with Gasteiger partial charge in [0.05, 0.1) is 6.42 Å². The van der Waals surface area contributed by atoms with Gasteiger partial charge in [0.1, 0.15) is 5.82 Å². The van der Waals surface area contributed by atoms with Gasteiger partial charge in [-0.2, -0.15) is 0 Å². The van der Waals surface area contributed by atoms with E-state index in [0.29, 0.717) is 0 Å². The summed E-state index contributed by atoms with van der Waals surface area (Å²) in [5, 5.41) is 8.16. The zero-order valence-electron chi connectivity index (χ0n) is 6.25. The van der Waals surface area contributed by atoms with Crippen LogP contribution in [0.1, 0.15) is 5.56 Å². The molecule has 1 amide bonds. The summed E-state index contributed by atoms with van der Waals surface area (Å²) in [6, 6.07) is 5.92. The average Bonchev–Trinajstić information content (AvgIpc) is 2.09. The minimum absolute atomic E-state index is 0.150. The highest BCUT2D eigenvalue weighted by Crippen LogP contribution is 2.06. The molecule has 0 radical (unpaired) electrons. The number of hydrogen-bond donors (Lipinski definition) is 2. The molecule has 0 heterocycles. The summed E-state index contributed by atoms with van der Waals surface area (Å²) in [7, 11) is 0. The van der Waals surface area contributed by atoms with E-state index in [9.17, 15) is 9.18 Å². The minimum Gasteiger partial charge on any atom is -0.289 e. The Balaban J connectivity index is 2.75. The molecule has 1 rings (SSSR count). The van der Waals surface area contributed by atoms with Crippen LogP contribution >= 0.6 is 0 Å². The van der Waals surface area contributed by atoms with Gasteiger partial charge in [0.2, 0.25) is 5.91 Å². The molecule has 0 spiro atoms. The predicted molar refractivity (Wildman–Crippen MR) is 40.0 cm³/mol. The maximum Gasteiger partial charge on any atom is 0.247 e. The first-order chi connectivity index (χ1) is 5.74. The molecule has 0 saturated heterocycles. The molecule has 0 unspecified atom stereocenters. The number of benzene rings is 1. The van der Waals surface area contributed by atoms with Crippen LogP contribution in [0.3, 0.4) is 0 Å². The third-order valence-electron chi connectivity index (χ3n) is 1.43. The van der Waals surface area contributed by atoms with Crippen molar-refractivity contribution in [3.63, 3.8) is 0 Å². The maximum atomic E-state index is 12.8. The molecule has 1 aromatic carbocycles. The molecule has 1 aromatic rings. The standard InChI is InChI=1S/C8H8FNO2/c9-7-4-2-1-3-6(7)5-8(11)10-12/h1-4,12H,5H2,(H,10,11). The Morgan fingerprint density at radius 3 is 2.75 bits per heavy atom. The molecule has 3 nitrogen and oxygen atoms in total. The fourth-order valence-electron chi connectivity index (χ4n) is 0.854. The van der Waals surface area contributed by atoms with Gasteiger partial charge in [-0.1, -0.05) is 18.2 Å². The Kier molecular flexibility index (Phi) is 2.76. The third-order valence-corrected chi connectivity index (χ3v) is 1.43. The quantitative estimate of drug-likeness (QED) is 0.510. The number of nitrogens with one attached hydrogen (secondary N) is 1. The van der Waals surface area contributed by atoms with Crippen LogP contribution < -0.4 is 5.48 Å². The first-order valence-corrected chi connectivity index (χ1v) is 3.40. The normalized spacial score (nSPS) is 9.50. The largest absolute Gasteiger partial charge is 0.289 e. The van der Waals surface area contributed by atoms with Crippen molar-refractivity contribution in [2.75, 3.05) is 0 Å². The van der Waals surface area contributed by atoms with Crippen LogP contribution in [0.4, 0.5) is 4.39 Å². The number of amides is 1. The van der Waals surface area contributed by atoms with Crippen molar-refractivity contribution in [3.05, 3.63) is 35.6 Å². The second-order valence-electron chi connectivity index (χ2n) is 2.30. The molecule has 12 heavy (non-hydrogen) atoms. The molecule has 0 atom stereocenters. The zero-order valence-corrected chi connectivity index (χ0v) is 6.25. The van der Waals surface area contributed by atoms with Crippen LogP contribution in [0.2, 0.25) is 0 Å². The molecule has 0 saturated carbocycles. The molecule has 0 fully saturated rings. The van der Waals surface area contributed by atoms with Gasteiger partial charge in [-0.15, -0.1) is 0 Å². The molecule has 0 bridgehead atoms. The van der Waals surface area contributed by atoms with Gasteiger partial charge >= 0.3 is 0 Å². The Labute approximate surface area is 68.8 Å². The number of carbonyl (C=O) groups excluding carboxylic acids is 1. The molecular weight excluding hydrogens is 161 g/mol. The van der Waals surface area contributed by atoms with Gasteiger partial charge in [-0.25, -0.2) is 9.87 Å². The molecule has 0 aliphatic rings. The van der Waals surface area contributed by atoms with Gasteiger partial charge in [-0.3, -0.25) is 10.0 Å². The van der Waals surface area contributed by atoms with E-state index in [1.165, 1.54) is 23.7 Å². The number of carbonyl (C=O) groups is 1. The number of halogens is 1. The molecular formula is C8H8FNO2. The second kappa shape index (κ2) is 3.82. The lowest BCUT2D eigenvalue weighted by molar-refractivity contribution is -0.128. The maximum absolute atomic E-state index is 12.8. The lowest BCUT2D eigenvalue weighted by atomic mass is 10.1. The fraction of sp³-hybridized carbons (Fsp3) is 0.125. The second-order valence-corrected chi connectivity index (χ2v) is 2.30. The van der Waals surface area contributed by atoms with Gasteiger partial charge in [0.25, 0.3) is 0 Å². The van der Waals surface area contributed by atoms with Crippen LogP contribution in [0, 0.1) is 5.82 Å². The van der Waals surface area contributed by atoms with E-state index >= 15 is 0 Å². The van der Waals surface area contributed by atoms with Gasteiger partial charge in [0, 0.05) is 0 Å². The highest BCUT2D eigenvalue weighted by Gasteiger charge is 2.05. The highest BCUT2D eigenvalue weighted by atomic mass is 19.1. The molecule has 4 heteroatoms. The first-order valence-electron chi connectivity index (χ1n) is 3.40. The summed E-state index contributed by atoms with van der Waals surface area (Å²) in [5.41, 5.74) is 1.70. The molecule has 64 valence electrons. The Bertz CT molecular complexity index is 288. The highest BCUT2D eigenvalue weighted by molar-refractivity contribution is 5.77. The van der Waals surface area contributed by atoms with E-state index in [1.54, 1.807) is 6.07 Å². The Morgan fingerprint density at radius 1 is 1.50 bits per heavy atom. The lowest BCUT2D eigenvalue weighted by Crippen LogP contribution is -2.21. The molecule has 0 aliphatic carbocycles. The lowest BCUT2D eigenvalue weighted by Gasteiger charge is -1.99. The summed E-state index contributed by atoms with van der Waals surface area (Å²) in [4.78, 5) is 10.6. The SMILES string of the molecule is O=C(Cc1ccccc1F)NO. The van der Waals surface area contributed by atoms with E-state index in [0.717, 1.165) is 0 Å². The van der Waals surface area contributed by atoms with Gasteiger partial charge in [0.15, 0.2) is 0 Å². The predicted octanol–water partition coefficient (Wildman–Crippen LogP) is 0.874. The van der Waals surface area contributed by atoms with Crippen LogP contribution in [0.15, 0.2) is 24.3 Å². The van der Waals surface area contributed by atoms with Crippen molar-refractivity contribution in [1.82, 2.24) is 5.48 Å². The summed E-state index contributed by atoms with van der Waals surface area (Å²) in [5.74, 6) is -1.07.